The number of nitrogens with zero attached hydrogens (tertiary/aromatic N) is 2. The molecule has 1 heterocycles. The van der Waals surface area contributed by atoms with Crippen LogP contribution in [0.3, 0.4) is 0 Å². The summed E-state index contributed by atoms with van der Waals surface area (Å²) >= 11 is 0. The van der Waals surface area contributed by atoms with E-state index in [1.54, 1.807) is 13.1 Å². The number of ether oxygens (including phenoxy) is 1. The van der Waals surface area contributed by atoms with Crippen LogP contribution in [0.25, 0.3) is 0 Å². The Morgan fingerprint density at radius 2 is 2.15 bits per heavy atom. The summed E-state index contributed by atoms with van der Waals surface area (Å²) in [6, 6.07) is 0. The number of nitrogens with one attached hydrogen (secondary N) is 1. The van der Waals surface area contributed by atoms with E-state index in [0.29, 0.717) is 17.9 Å². The first-order valence-electron chi connectivity index (χ1n) is 6.67. The molecule has 1 aliphatic heterocycles. The van der Waals surface area contributed by atoms with Crippen molar-refractivity contribution in [2.45, 2.75) is 39.0 Å². The molecule has 0 saturated carbocycles. The summed E-state index contributed by atoms with van der Waals surface area (Å²) in [6.07, 6.45) is 6.16. The molecule has 1 aliphatic rings. The van der Waals surface area contributed by atoms with Crippen molar-refractivity contribution in [1.82, 2.24) is 10.7 Å². The van der Waals surface area contributed by atoms with Crippen LogP contribution in [0.15, 0.2) is 28.6 Å². The van der Waals surface area contributed by atoms with Crippen LogP contribution in [-0.4, -0.2) is 23.9 Å². The zero-order chi connectivity index (χ0) is 15.0. The smallest absolute Gasteiger partial charge is 0.333 e. The summed E-state index contributed by atoms with van der Waals surface area (Å²) in [5.41, 5.74) is 10.3. The molecule has 0 atom stereocenters. The van der Waals surface area contributed by atoms with E-state index in [2.05, 4.69) is 17.2 Å². The highest BCUT2D eigenvalue weighted by Crippen LogP contribution is 2.14. The van der Waals surface area contributed by atoms with Crippen molar-refractivity contribution in [3.05, 3.63) is 23.5 Å². The van der Waals surface area contributed by atoms with Crippen LogP contribution in [0.1, 0.15) is 39.0 Å². The lowest BCUT2D eigenvalue weighted by molar-refractivity contribution is -0.139. The van der Waals surface area contributed by atoms with E-state index < -0.39 is 0 Å². The Hall–Kier alpha value is -2.02. The van der Waals surface area contributed by atoms with E-state index in [1.807, 2.05) is 0 Å². The summed E-state index contributed by atoms with van der Waals surface area (Å²) in [5, 5.41) is 5.11. The van der Waals surface area contributed by atoms with Crippen LogP contribution in [0, 0.1) is 0 Å². The number of carbonyl (C=O) groups is 1. The number of nitrogens with two attached hydrogens (primary N) is 2. The van der Waals surface area contributed by atoms with Gasteiger partial charge in [-0.25, -0.2) is 21.3 Å². The largest absolute Gasteiger partial charge is 0.462 e. The lowest BCUT2D eigenvalue weighted by atomic mass is 10.1. The first-order chi connectivity index (χ1) is 9.52. The van der Waals surface area contributed by atoms with Crippen LogP contribution in [-0.2, 0) is 9.53 Å². The fourth-order valence-electron chi connectivity index (χ4n) is 1.74. The second-order valence-corrected chi connectivity index (χ2v) is 4.71. The van der Waals surface area contributed by atoms with Gasteiger partial charge in [0.05, 0.1) is 24.2 Å². The minimum atomic E-state index is -0.325. The molecule has 5 N–H and O–H groups in total. The van der Waals surface area contributed by atoms with Gasteiger partial charge in [-0.3, -0.25) is 0 Å². The number of unbranched alkanes of at least 4 members (excludes halogenated alkanes) is 3. The molecule has 0 aromatic carbocycles. The Kier molecular flexibility index (Phi) is 6.58. The number of hydrogen-bond acceptors (Lipinski definition) is 7. The number of esters is 1. The van der Waals surface area contributed by atoms with Crippen molar-refractivity contribution in [2.75, 3.05) is 6.61 Å². The molecule has 0 unspecified atom stereocenters. The van der Waals surface area contributed by atoms with E-state index in [1.165, 1.54) is 5.12 Å². The van der Waals surface area contributed by atoms with E-state index in [9.17, 15) is 4.79 Å². The van der Waals surface area contributed by atoms with Crippen molar-refractivity contribution >= 4 is 12.2 Å². The van der Waals surface area contributed by atoms with Gasteiger partial charge in [0, 0.05) is 5.57 Å². The SMILES string of the molecule is C=C(C)C(=O)OCCCCCCC1=C(N)C=NNN1N. The van der Waals surface area contributed by atoms with Gasteiger partial charge in [-0.2, -0.15) is 5.10 Å². The number of hydrogen-bond donors (Lipinski definition) is 3. The first kappa shape index (κ1) is 16.0. The van der Waals surface area contributed by atoms with Crippen molar-refractivity contribution in [3.8, 4) is 0 Å². The third-order valence-electron chi connectivity index (χ3n) is 2.88. The predicted octanol–water partition coefficient (Wildman–Crippen LogP) is 0.906. The van der Waals surface area contributed by atoms with Gasteiger partial charge in [-0.1, -0.05) is 19.4 Å². The maximum absolute atomic E-state index is 11.1. The highest BCUT2D eigenvalue weighted by atomic mass is 16.5. The normalized spacial score (nSPS) is 14.2. The molecule has 0 aromatic rings. The maximum atomic E-state index is 11.1. The molecule has 7 nitrogen and oxygen atoms in total. The minimum absolute atomic E-state index is 0.325. The van der Waals surface area contributed by atoms with Gasteiger partial charge in [0.15, 0.2) is 0 Å². The summed E-state index contributed by atoms with van der Waals surface area (Å²) < 4.78 is 5.01. The van der Waals surface area contributed by atoms with Crippen LogP contribution < -0.4 is 17.1 Å². The molecule has 0 radical (unpaired) electrons. The van der Waals surface area contributed by atoms with Crippen molar-refractivity contribution in [1.29, 1.82) is 0 Å². The van der Waals surface area contributed by atoms with Crippen molar-refractivity contribution in [2.24, 2.45) is 16.7 Å². The molecule has 0 spiro atoms. The van der Waals surface area contributed by atoms with E-state index in [-0.39, 0.29) is 5.97 Å². The molecule has 0 fully saturated rings. The first-order valence-corrected chi connectivity index (χ1v) is 6.67. The Labute approximate surface area is 119 Å². The van der Waals surface area contributed by atoms with Gasteiger partial charge < -0.3 is 10.5 Å². The third kappa shape index (κ3) is 5.31. The van der Waals surface area contributed by atoms with E-state index >= 15 is 0 Å². The molecule has 0 saturated heterocycles. The van der Waals surface area contributed by atoms with Gasteiger partial charge in [0.2, 0.25) is 0 Å². The number of allylic oxidation sites excluding steroid dienone is 2. The molecule has 20 heavy (non-hydrogen) atoms. The van der Waals surface area contributed by atoms with Crippen LogP contribution in [0.2, 0.25) is 0 Å². The summed E-state index contributed by atoms with van der Waals surface area (Å²) in [7, 11) is 0. The zero-order valence-corrected chi connectivity index (χ0v) is 11.9. The lowest BCUT2D eigenvalue weighted by Crippen LogP contribution is -2.43. The fourth-order valence-corrected chi connectivity index (χ4v) is 1.74. The number of carbonyl (C=O) groups excluding carboxylic acids is 1. The second-order valence-electron chi connectivity index (χ2n) is 4.71. The van der Waals surface area contributed by atoms with Gasteiger partial charge in [0.25, 0.3) is 0 Å². The molecule has 1 rings (SSSR count). The standard InChI is InChI=1S/C13H23N5O2/c1-10(2)13(19)20-8-6-4-3-5-7-12-11(14)9-16-17-18(12)15/h9,17H,1,3-8,14-15H2,2H3. The number of rotatable bonds is 8. The van der Waals surface area contributed by atoms with Crippen molar-refractivity contribution < 1.29 is 9.53 Å². The van der Waals surface area contributed by atoms with Gasteiger partial charge >= 0.3 is 5.97 Å². The average molecular weight is 281 g/mol. The van der Waals surface area contributed by atoms with Crippen molar-refractivity contribution in [3.63, 3.8) is 0 Å². The Bertz CT molecular complexity index is 417. The molecule has 112 valence electrons. The summed E-state index contributed by atoms with van der Waals surface area (Å²) in [6.45, 7) is 5.60. The van der Waals surface area contributed by atoms with Gasteiger partial charge in [0.1, 0.15) is 0 Å². The molecular formula is C13H23N5O2. The Morgan fingerprint density at radius 3 is 2.80 bits per heavy atom. The van der Waals surface area contributed by atoms with Gasteiger partial charge in [-0.05, 0) is 26.2 Å². The van der Waals surface area contributed by atoms with Crippen LogP contribution in [0.5, 0.6) is 0 Å². The third-order valence-corrected chi connectivity index (χ3v) is 2.88. The Morgan fingerprint density at radius 1 is 1.45 bits per heavy atom. The predicted molar refractivity (Wildman–Crippen MR) is 77.7 cm³/mol. The highest BCUT2D eigenvalue weighted by molar-refractivity contribution is 5.86. The van der Waals surface area contributed by atoms with E-state index in [4.69, 9.17) is 16.3 Å². The second kappa shape index (κ2) is 8.21. The summed E-state index contributed by atoms with van der Waals surface area (Å²) in [4.78, 5) is 11.1. The topological polar surface area (TPSA) is 106 Å². The fraction of sp³-hybridized carbons (Fsp3) is 0.538. The molecule has 7 heteroatoms. The van der Waals surface area contributed by atoms with E-state index in [0.717, 1.165) is 37.8 Å². The molecule has 0 amide bonds. The molecule has 0 bridgehead atoms. The quantitative estimate of drug-likeness (QED) is 0.264. The minimum Gasteiger partial charge on any atom is -0.462 e. The maximum Gasteiger partial charge on any atom is 0.333 e. The highest BCUT2D eigenvalue weighted by Gasteiger charge is 2.11. The monoisotopic (exact) mass is 281 g/mol. The Balaban J connectivity index is 2.09. The average Bonchev–Trinajstić information content (AvgIpc) is 2.40. The lowest BCUT2D eigenvalue weighted by Gasteiger charge is -2.24. The number of hydrazone groups is 1. The zero-order valence-electron chi connectivity index (χ0n) is 11.9. The molecule has 0 aliphatic carbocycles. The molecule has 0 aromatic heterocycles. The summed E-state index contributed by atoms with van der Waals surface area (Å²) in [5.74, 6) is 5.37. The van der Waals surface area contributed by atoms with Crippen LogP contribution >= 0.6 is 0 Å². The van der Waals surface area contributed by atoms with Crippen LogP contribution in [0.4, 0.5) is 0 Å². The van der Waals surface area contributed by atoms with Gasteiger partial charge in [-0.15, -0.1) is 0 Å². The number of hydrazine groups is 2. The molecular weight excluding hydrogens is 258 g/mol.